The summed E-state index contributed by atoms with van der Waals surface area (Å²) in [7, 11) is 0. The highest BCUT2D eigenvalue weighted by Crippen LogP contribution is 2.17. The molecule has 0 saturated carbocycles. The van der Waals surface area contributed by atoms with E-state index in [1.807, 2.05) is 18.2 Å². The summed E-state index contributed by atoms with van der Waals surface area (Å²) in [5.74, 6) is 0.902. The molecule has 2 aromatic carbocycles. The number of rotatable bonds is 8. The molecule has 3 rings (SSSR count). The summed E-state index contributed by atoms with van der Waals surface area (Å²) in [6.45, 7) is 5.14. The molecule has 0 aliphatic carbocycles. The summed E-state index contributed by atoms with van der Waals surface area (Å²) in [5, 5.41) is 3.03. The maximum atomic E-state index is 12.1. The lowest BCUT2D eigenvalue weighted by Crippen LogP contribution is -2.35. The van der Waals surface area contributed by atoms with Gasteiger partial charge in [-0.15, -0.1) is 11.8 Å². The first-order valence-corrected chi connectivity index (χ1v) is 10.1. The Morgan fingerprint density at radius 1 is 1.04 bits per heavy atom. The quantitative estimate of drug-likeness (QED) is 0.724. The van der Waals surface area contributed by atoms with Crippen molar-refractivity contribution in [2.75, 3.05) is 32.1 Å². The molecule has 1 saturated heterocycles. The predicted octanol–water partition coefficient (Wildman–Crippen LogP) is 3.32. The van der Waals surface area contributed by atoms with Crippen molar-refractivity contribution < 1.29 is 9.53 Å². The Kier molecular flexibility index (Phi) is 7.55. The molecule has 1 heterocycles. The summed E-state index contributed by atoms with van der Waals surface area (Å²) in [4.78, 5) is 15.7. The largest absolute Gasteiger partial charge is 0.379 e. The average molecular weight is 371 g/mol. The van der Waals surface area contributed by atoms with Crippen LogP contribution in [0.25, 0.3) is 0 Å². The maximum absolute atomic E-state index is 12.1. The van der Waals surface area contributed by atoms with Crippen molar-refractivity contribution in [3.8, 4) is 0 Å². The summed E-state index contributed by atoms with van der Waals surface area (Å²) in [6, 6.07) is 18.7. The molecule has 1 aliphatic rings. The van der Waals surface area contributed by atoms with Gasteiger partial charge in [0.2, 0.25) is 5.91 Å². The van der Waals surface area contributed by atoms with Crippen molar-refractivity contribution in [3.63, 3.8) is 0 Å². The highest BCUT2D eigenvalue weighted by Gasteiger charge is 2.11. The molecule has 1 fully saturated rings. The maximum Gasteiger partial charge on any atom is 0.221 e. The smallest absolute Gasteiger partial charge is 0.221 e. The number of hydrogen-bond donors (Lipinski definition) is 1. The van der Waals surface area contributed by atoms with Crippen molar-refractivity contribution in [2.24, 2.45) is 0 Å². The Balaban J connectivity index is 1.39. The predicted molar refractivity (Wildman–Crippen MR) is 106 cm³/mol. The monoisotopic (exact) mass is 370 g/mol. The number of hydrogen-bond acceptors (Lipinski definition) is 4. The van der Waals surface area contributed by atoms with Gasteiger partial charge < -0.3 is 10.1 Å². The first-order chi connectivity index (χ1) is 12.8. The van der Waals surface area contributed by atoms with E-state index in [-0.39, 0.29) is 5.91 Å². The fourth-order valence-corrected chi connectivity index (χ4v) is 3.80. The van der Waals surface area contributed by atoms with E-state index in [2.05, 4.69) is 46.6 Å². The molecule has 0 spiro atoms. The highest BCUT2D eigenvalue weighted by atomic mass is 32.2. The molecular formula is C21H26N2O2S. The first-order valence-electron chi connectivity index (χ1n) is 9.12. The number of carbonyl (C=O) groups is 1. The third-order valence-electron chi connectivity index (χ3n) is 4.33. The fourth-order valence-electron chi connectivity index (χ4n) is 2.92. The van der Waals surface area contributed by atoms with Crippen molar-refractivity contribution in [3.05, 3.63) is 65.7 Å². The van der Waals surface area contributed by atoms with Crippen LogP contribution >= 0.6 is 11.8 Å². The zero-order chi connectivity index (χ0) is 18.0. The molecule has 5 heteroatoms. The van der Waals surface area contributed by atoms with Gasteiger partial charge in [0.1, 0.15) is 0 Å². The van der Waals surface area contributed by atoms with Crippen molar-refractivity contribution >= 4 is 17.7 Å². The van der Waals surface area contributed by atoms with Gasteiger partial charge in [0.05, 0.1) is 13.2 Å². The zero-order valence-corrected chi connectivity index (χ0v) is 15.8. The van der Waals surface area contributed by atoms with Crippen molar-refractivity contribution in [1.29, 1.82) is 0 Å². The molecule has 0 atom stereocenters. The topological polar surface area (TPSA) is 41.6 Å². The molecule has 1 N–H and O–H groups in total. The van der Waals surface area contributed by atoms with Gasteiger partial charge in [0.15, 0.2) is 0 Å². The Morgan fingerprint density at radius 2 is 1.81 bits per heavy atom. The van der Waals surface area contributed by atoms with E-state index in [9.17, 15) is 4.79 Å². The average Bonchev–Trinajstić information content (AvgIpc) is 2.68. The number of thioether (sulfide) groups is 1. The molecular weight excluding hydrogens is 344 g/mol. The highest BCUT2D eigenvalue weighted by molar-refractivity contribution is 7.99. The SMILES string of the molecule is O=C(CCSc1ccccc1)NCc1cccc(CN2CCOCC2)c1. The van der Waals surface area contributed by atoms with Crippen LogP contribution in [0.2, 0.25) is 0 Å². The number of nitrogens with one attached hydrogen (secondary N) is 1. The van der Waals surface area contributed by atoms with Crippen LogP contribution in [0.3, 0.4) is 0 Å². The van der Waals surface area contributed by atoms with Crippen LogP contribution < -0.4 is 5.32 Å². The second kappa shape index (κ2) is 10.4. The summed E-state index contributed by atoms with van der Waals surface area (Å²) >= 11 is 1.72. The fraction of sp³-hybridized carbons (Fsp3) is 0.381. The van der Waals surface area contributed by atoms with Crippen LogP contribution in [0.1, 0.15) is 17.5 Å². The molecule has 0 aromatic heterocycles. The standard InChI is InChI=1S/C21H26N2O2S/c24-21(9-14-26-20-7-2-1-3-8-20)22-16-18-5-4-6-19(15-18)17-23-10-12-25-13-11-23/h1-8,15H,9-14,16-17H2,(H,22,24). The molecule has 1 amide bonds. The summed E-state index contributed by atoms with van der Waals surface area (Å²) in [5.41, 5.74) is 2.44. The van der Waals surface area contributed by atoms with Crippen molar-refractivity contribution in [1.82, 2.24) is 10.2 Å². The number of nitrogens with zero attached hydrogens (tertiary/aromatic N) is 1. The Labute approximate surface area is 159 Å². The third-order valence-corrected chi connectivity index (χ3v) is 5.35. The van der Waals surface area contributed by atoms with Gasteiger partial charge in [-0.2, -0.15) is 0 Å². The second-order valence-corrected chi connectivity index (χ2v) is 7.57. The van der Waals surface area contributed by atoms with Crippen LogP contribution in [-0.4, -0.2) is 42.9 Å². The Bertz CT molecular complexity index is 687. The van der Waals surface area contributed by atoms with Gasteiger partial charge in [-0.05, 0) is 23.3 Å². The summed E-state index contributed by atoms with van der Waals surface area (Å²) in [6.07, 6.45) is 0.535. The van der Waals surface area contributed by atoms with Crippen LogP contribution in [0.4, 0.5) is 0 Å². The zero-order valence-electron chi connectivity index (χ0n) is 15.0. The Hall–Kier alpha value is -1.82. The van der Waals surface area contributed by atoms with Gasteiger partial charge in [-0.1, -0.05) is 42.5 Å². The van der Waals surface area contributed by atoms with Gasteiger partial charge in [-0.3, -0.25) is 9.69 Å². The van der Waals surface area contributed by atoms with Crippen molar-refractivity contribution in [2.45, 2.75) is 24.4 Å². The summed E-state index contributed by atoms with van der Waals surface area (Å²) < 4.78 is 5.40. The van der Waals surface area contributed by atoms with Gasteiger partial charge in [0.25, 0.3) is 0 Å². The second-order valence-electron chi connectivity index (χ2n) is 6.40. The first kappa shape index (κ1) is 19.0. The molecule has 0 unspecified atom stereocenters. The third kappa shape index (κ3) is 6.48. The lowest BCUT2D eigenvalue weighted by Gasteiger charge is -2.26. The van der Waals surface area contributed by atoms with Gasteiger partial charge in [0, 0.05) is 43.2 Å². The van der Waals surface area contributed by atoms with E-state index in [0.717, 1.165) is 44.2 Å². The molecule has 1 aliphatic heterocycles. The Morgan fingerprint density at radius 3 is 2.62 bits per heavy atom. The molecule has 2 aromatic rings. The number of ether oxygens (including phenoxy) is 1. The lowest BCUT2D eigenvalue weighted by atomic mass is 10.1. The van der Waals surface area contributed by atoms with E-state index in [1.165, 1.54) is 10.5 Å². The molecule has 0 radical (unpaired) electrons. The molecule has 138 valence electrons. The number of amides is 1. The minimum absolute atomic E-state index is 0.104. The normalized spacial score (nSPS) is 14.9. The van der Waals surface area contributed by atoms with Crippen LogP contribution in [0.5, 0.6) is 0 Å². The van der Waals surface area contributed by atoms with Crippen LogP contribution in [-0.2, 0) is 22.6 Å². The van der Waals surface area contributed by atoms with E-state index in [0.29, 0.717) is 13.0 Å². The molecule has 0 bridgehead atoms. The number of benzene rings is 2. The number of morpholine rings is 1. The van der Waals surface area contributed by atoms with E-state index < -0.39 is 0 Å². The van der Waals surface area contributed by atoms with E-state index in [4.69, 9.17) is 4.74 Å². The molecule has 26 heavy (non-hydrogen) atoms. The van der Waals surface area contributed by atoms with Gasteiger partial charge in [-0.25, -0.2) is 0 Å². The van der Waals surface area contributed by atoms with Gasteiger partial charge >= 0.3 is 0 Å². The lowest BCUT2D eigenvalue weighted by molar-refractivity contribution is -0.120. The molecule has 4 nitrogen and oxygen atoms in total. The van der Waals surface area contributed by atoms with Crippen LogP contribution in [0.15, 0.2) is 59.5 Å². The van der Waals surface area contributed by atoms with E-state index in [1.54, 1.807) is 11.8 Å². The van der Waals surface area contributed by atoms with Crippen LogP contribution in [0, 0.1) is 0 Å². The minimum atomic E-state index is 0.104. The number of carbonyl (C=O) groups excluding carboxylic acids is 1. The van der Waals surface area contributed by atoms with E-state index >= 15 is 0 Å². The minimum Gasteiger partial charge on any atom is -0.379 e.